The fourth-order valence-electron chi connectivity index (χ4n) is 1.71. The van der Waals surface area contributed by atoms with Gasteiger partial charge in [0.2, 0.25) is 0 Å². The van der Waals surface area contributed by atoms with E-state index < -0.39 is 0 Å². The third-order valence-electron chi connectivity index (χ3n) is 2.63. The highest BCUT2D eigenvalue weighted by atomic mass is 35.5. The number of nitrogens with zero attached hydrogens (tertiary/aromatic N) is 2. The number of halogens is 1. The largest absolute Gasteiger partial charge is 0.496 e. The first kappa shape index (κ1) is 13.6. The summed E-state index contributed by atoms with van der Waals surface area (Å²) >= 11 is 6.03. The minimum Gasteiger partial charge on any atom is -0.496 e. The quantitative estimate of drug-likeness (QED) is 0.907. The second kappa shape index (κ2) is 6.38. The summed E-state index contributed by atoms with van der Waals surface area (Å²) in [5.74, 6) is 1.48. The van der Waals surface area contributed by atoms with Crippen LogP contribution in [-0.2, 0) is 0 Å². The number of nitrogens with one attached hydrogen (secondary N) is 1. The van der Waals surface area contributed by atoms with Crippen molar-refractivity contribution in [3.63, 3.8) is 0 Å². The molecule has 1 N–H and O–H groups in total. The maximum Gasteiger partial charge on any atom is 0.145 e. The van der Waals surface area contributed by atoms with Gasteiger partial charge in [-0.05, 0) is 24.6 Å². The minimum atomic E-state index is 0.643. The molecule has 0 radical (unpaired) electrons. The maximum absolute atomic E-state index is 6.03. The van der Waals surface area contributed by atoms with Gasteiger partial charge in [-0.15, -0.1) is 0 Å². The summed E-state index contributed by atoms with van der Waals surface area (Å²) < 4.78 is 5.33. The lowest BCUT2D eigenvalue weighted by Gasteiger charge is -2.10. The summed E-state index contributed by atoms with van der Waals surface area (Å²) in [6.45, 7) is 2.97. The SMILES string of the molecule is CCCNc1cncc(-c2cc(Cl)ccc2OC)n1. The summed E-state index contributed by atoms with van der Waals surface area (Å²) in [6.07, 6.45) is 4.44. The zero-order chi connectivity index (χ0) is 13.7. The van der Waals surface area contributed by atoms with E-state index in [0.29, 0.717) is 5.02 Å². The topological polar surface area (TPSA) is 47.0 Å². The van der Waals surface area contributed by atoms with Gasteiger partial charge in [0, 0.05) is 17.1 Å². The number of methoxy groups -OCH3 is 1. The fraction of sp³-hybridized carbons (Fsp3) is 0.286. The van der Waals surface area contributed by atoms with Crippen molar-refractivity contribution in [2.24, 2.45) is 0 Å². The molecule has 2 rings (SSSR count). The number of benzene rings is 1. The zero-order valence-corrected chi connectivity index (χ0v) is 11.7. The normalized spacial score (nSPS) is 10.3. The minimum absolute atomic E-state index is 0.643. The number of rotatable bonds is 5. The fourth-order valence-corrected chi connectivity index (χ4v) is 1.89. The Morgan fingerprint density at radius 1 is 1.32 bits per heavy atom. The second-order valence-corrected chi connectivity index (χ2v) is 4.50. The number of hydrogen-bond acceptors (Lipinski definition) is 4. The van der Waals surface area contributed by atoms with Gasteiger partial charge in [0.25, 0.3) is 0 Å². The van der Waals surface area contributed by atoms with E-state index in [1.165, 1.54) is 0 Å². The monoisotopic (exact) mass is 277 g/mol. The van der Waals surface area contributed by atoms with E-state index in [-0.39, 0.29) is 0 Å². The van der Waals surface area contributed by atoms with Gasteiger partial charge < -0.3 is 10.1 Å². The lowest BCUT2D eigenvalue weighted by atomic mass is 10.1. The Labute approximate surface area is 117 Å². The molecular formula is C14H16ClN3O. The van der Waals surface area contributed by atoms with Crippen molar-refractivity contribution >= 4 is 17.4 Å². The number of anilines is 1. The van der Waals surface area contributed by atoms with E-state index in [9.17, 15) is 0 Å². The predicted molar refractivity (Wildman–Crippen MR) is 77.8 cm³/mol. The van der Waals surface area contributed by atoms with Gasteiger partial charge >= 0.3 is 0 Å². The average molecular weight is 278 g/mol. The zero-order valence-electron chi connectivity index (χ0n) is 11.0. The van der Waals surface area contributed by atoms with Gasteiger partial charge in [-0.3, -0.25) is 4.98 Å². The van der Waals surface area contributed by atoms with Crippen molar-refractivity contribution in [3.05, 3.63) is 35.6 Å². The molecule has 1 aromatic carbocycles. The summed E-state index contributed by atoms with van der Waals surface area (Å²) in [5.41, 5.74) is 1.57. The van der Waals surface area contributed by atoms with Crippen molar-refractivity contribution in [1.82, 2.24) is 9.97 Å². The van der Waals surface area contributed by atoms with E-state index in [1.54, 1.807) is 25.6 Å². The van der Waals surface area contributed by atoms with E-state index in [1.807, 2.05) is 12.1 Å². The van der Waals surface area contributed by atoms with Crippen LogP contribution in [0.15, 0.2) is 30.6 Å². The molecular weight excluding hydrogens is 262 g/mol. The summed E-state index contributed by atoms with van der Waals surface area (Å²) in [4.78, 5) is 8.71. The Bertz CT molecular complexity index is 560. The molecule has 0 aliphatic rings. The van der Waals surface area contributed by atoms with E-state index in [0.717, 1.165) is 35.8 Å². The lowest BCUT2D eigenvalue weighted by Crippen LogP contribution is -2.03. The van der Waals surface area contributed by atoms with Crippen LogP contribution in [-0.4, -0.2) is 23.6 Å². The molecule has 0 unspecified atom stereocenters. The molecule has 0 fully saturated rings. The summed E-state index contributed by atoms with van der Waals surface area (Å²) in [6, 6.07) is 5.44. The van der Waals surface area contributed by atoms with Crippen LogP contribution in [0, 0.1) is 0 Å². The first-order valence-corrected chi connectivity index (χ1v) is 6.52. The van der Waals surface area contributed by atoms with E-state index in [2.05, 4.69) is 22.2 Å². The molecule has 5 heteroatoms. The van der Waals surface area contributed by atoms with E-state index >= 15 is 0 Å². The van der Waals surface area contributed by atoms with Crippen molar-refractivity contribution in [1.29, 1.82) is 0 Å². The molecule has 0 saturated heterocycles. The van der Waals surface area contributed by atoms with Crippen LogP contribution >= 0.6 is 11.6 Å². The number of ether oxygens (including phenoxy) is 1. The molecule has 2 aromatic rings. The van der Waals surface area contributed by atoms with Crippen molar-refractivity contribution in [3.8, 4) is 17.0 Å². The smallest absolute Gasteiger partial charge is 0.145 e. The Kier molecular flexibility index (Phi) is 4.58. The van der Waals surface area contributed by atoms with Crippen LogP contribution < -0.4 is 10.1 Å². The van der Waals surface area contributed by atoms with Crippen LogP contribution in [0.5, 0.6) is 5.75 Å². The van der Waals surface area contributed by atoms with Crippen LogP contribution in [0.2, 0.25) is 5.02 Å². The van der Waals surface area contributed by atoms with Crippen LogP contribution in [0.25, 0.3) is 11.3 Å². The molecule has 0 spiro atoms. The molecule has 1 aromatic heterocycles. The molecule has 0 amide bonds. The van der Waals surface area contributed by atoms with Gasteiger partial charge in [-0.25, -0.2) is 4.98 Å². The van der Waals surface area contributed by atoms with Crippen molar-refractivity contribution in [2.75, 3.05) is 19.0 Å². The molecule has 100 valence electrons. The molecule has 1 heterocycles. The Hall–Kier alpha value is -1.81. The van der Waals surface area contributed by atoms with Gasteiger partial charge in [0.1, 0.15) is 11.6 Å². The van der Waals surface area contributed by atoms with Gasteiger partial charge in [0.15, 0.2) is 0 Å². The van der Waals surface area contributed by atoms with Gasteiger partial charge in [-0.1, -0.05) is 18.5 Å². The highest BCUT2D eigenvalue weighted by Gasteiger charge is 2.09. The highest BCUT2D eigenvalue weighted by Crippen LogP contribution is 2.31. The van der Waals surface area contributed by atoms with Gasteiger partial charge in [0.05, 0.1) is 25.2 Å². The van der Waals surface area contributed by atoms with Crippen LogP contribution in [0.4, 0.5) is 5.82 Å². The van der Waals surface area contributed by atoms with E-state index in [4.69, 9.17) is 16.3 Å². The first-order valence-electron chi connectivity index (χ1n) is 6.14. The number of aromatic nitrogens is 2. The highest BCUT2D eigenvalue weighted by molar-refractivity contribution is 6.30. The summed E-state index contributed by atoms with van der Waals surface area (Å²) in [7, 11) is 1.62. The second-order valence-electron chi connectivity index (χ2n) is 4.06. The molecule has 19 heavy (non-hydrogen) atoms. The van der Waals surface area contributed by atoms with Crippen LogP contribution in [0.3, 0.4) is 0 Å². The summed E-state index contributed by atoms with van der Waals surface area (Å²) in [5, 5.41) is 3.85. The first-order chi connectivity index (χ1) is 9.24. The molecule has 0 bridgehead atoms. The molecule has 0 aliphatic carbocycles. The van der Waals surface area contributed by atoms with Crippen LogP contribution in [0.1, 0.15) is 13.3 Å². The Morgan fingerprint density at radius 2 is 2.16 bits per heavy atom. The number of hydrogen-bond donors (Lipinski definition) is 1. The third kappa shape index (κ3) is 3.35. The van der Waals surface area contributed by atoms with Gasteiger partial charge in [-0.2, -0.15) is 0 Å². The molecule has 0 atom stereocenters. The predicted octanol–water partition coefficient (Wildman–Crippen LogP) is 3.63. The van der Waals surface area contributed by atoms with Crippen molar-refractivity contribution in [2.45, 2.75) is 13.3 Å². The lowest BCUT2D eigenvalue weighted by molar-refractivity contribution is 0.416. The standard InChI is InChI=1S/C14H16ClN3O/c1-3-6-17-14-9-16-8-12(18-14)11-7-10(15)4-5-13(11)19-2/h4-5,7-9H,3,6H2,1-2H3,(H,17,18). The Morgan fingerprint density at radius 3 is 2.89 bits per heavy atom. The van der Waals surface area contributed by atoms with Crippen molar-refractivity contribution < 1.29 is 4.74 Å². The average Bonchev–Trinajstić information content (AvgIpc) is 2.45. The maximum atomic E-state index is 6.03. The third-order valence-corrected chi connectivity index (χ3v) is 2.86. The molecule has 4 nitrogen and oxygen atoms in total. The molecule has 0 aliphatic heterocycles. The Balaban J connectivity index is 2.38. The molecule has 0 saturated carbocycles.